The lowest BCUT2D eigenvalue weighted by Crippen LogP contribution is -2.08. The molecule has 0 bridgehead atoms. The number of nitrogens with zero attached hydrogens (tertiary/aromatic N) is 1. The second kappa shape index (κ2) is 6.53. The van der Waals surface area contributed by atoms with Gasteiger partial charge in [0, 0.05) is 17.2 Å². The zero-order valence-electron chi connectivity index (χ0n) is 11.5. The molecule has 0 aromatic heterocycles. The van der Waals surface area contributed by atoms with Gasteiger partial charge in [-0.15, -0.1) is 0 Å². The van der Waals surface area contributed by atoms with E-state index in [1.54, 1.807) is 0 Å². The number of rotatable bonds is 4. The van der Waals surface area contributed by atoms with Gasteiger partial charge in [-0.3, -0.25) is 10.1 Å². The van der Waals surface area contributed by atoms with Crippen LogP contribution in [-0.2, 0) is 11.3 Å². The van der Waals surface area contributed by atoms with Gasteiger partial charge in [0.15, 0.2) is 0 Å². The summed E-state index contributed by atoms with van der Waals surface area (Å²) in [4.78, 5) is 22.3. The Morgan fingerprint density at radius 1 is 1.36 bits per heavy atom. The summed E-state index contributed by atoms with van der Waals surface area (Å²) in [6.45, 7) is 1.32. The molecule has 0 N–H and O–H groups in total. The molecule has 0 unspecified atom stereocenters. The van der Waals surface area contributed by atoms with Gasteiger partial charge in [-0.25, -0.2) is 9.18 Å². The number of carbonyl (C=O) groups excluding carboxylic acids is 1. The van der Waals surface area contributed by atoms with Crippen molar-refractivity contribution in [2.45, 2.75) is 13.5 Å². The van der Waals surface area contributed by atoms with Crippen LogP contribution in [0.3, 0.4) is 0 Å². The first-order chi connectivity index (χ1) is 10.4. The summed E-state index contributed by atoms with van der Waals surface area (Å²) in [6, 6.07) is 7.88. The van der Waals surface area contributed by atoms with Crippen LogP contribution in [0.25, 0.3) is 0 Å². The maximum Gasteiger partial charge on any atom is 0.338 e. The van der Waals surface area contributed by atoms with Crippen LogP contribution in [0.15, 0.2) is 36.4 Å². The molecule has 2 aromatic carbocycles. The smallest absolute Gasteiger partial charge is 0.338 e. The van der Waals surface area contributed by atoms with Crippen molar-refractivity contribution in [1.29, 1.82) is 0 Å². The third-order valence-electron chi connectivity index (χ3n) is 3.10. The van der Waals surface area contributed by atoms with Gasteiger partial charge >= 0.3 is 5.97 Å². The molecule has 0 amide bonds. The van der Waals surface area contributed by atoms with Crippen molar-refractivity contribution in [2.24, 2.45) is 0 Å². The lowest BCUT2D eigenvalue weighted by atomic mass is 10.1. The van der Waals surface area contributed by atoms with Crippen molar-refractivity contribution in [3.05, 3.63) is 74.0 Å². The molecule has 114 valence electrons. The highest BCUT2D eigenvalue weighted by molar-refractivity contribution is 6.31. The standard InChI is InChI=1S/C15H11ClFNO4/c1-9-12(3-2-4-14(9)18(20)21)15(19)22-8-10-5-6-11(17)7-13(10)16/h2-7H,8H2,1H3. The van der Waals surface area contributed by atoms with Crippen LogP contribution < -0.4 is 0 Å². The molecule has 0 saturated heterocycles. The molecule has 0 aliphatic heterocycles. The van der Waals surface area contributed by atoms with Crippen molar-refractivity contribution in [3.63, 3.8) is 0 Å². The van der Waals surface area contributed by atoms with Crippen LogP contribution in [0.4, 0.5) is 10.1 Å². The minimum atomic E-state index is -0.707. The van der Waals surface area contributed by atoms with E-state index in [4.69, 9.17) is 16.3 Å². The molecule has 0 fully saturated rings. The van der Waals surface area contributed by atoms with E-state index in [-0.39, 0.29) is 28.4 Å². The Kier molecular flexibility index (Phi) is 4.72. The van der Waals surface area contributed by atoms with E-state index in [2.05, 4.69) is 0 Å². The van der Waals surface area contributed by atoms with Gasteiger partial charge in [0.2, 0.25) is 0 Å². The summed E-state index contributed by atoms with van der Waals surface area (Å²) in [7, 11) is 0. The topological polar surface area (TPSA) is 69.4 Å². The largest absolute Gasteiger partial charge is 0.457 e. The summed E-state index contributed by atoms with van der Waals surface area (Å²) in [6.07, 6.45) is 0. The summed E-state index contributed by atoms with van der Waals surface area (Å²) in [5, 5.41) is 11.0. The van der Waals surface area contributed by atoms with E-state index >= 15 is 0 Å². The van der Waals surface area contributed by atoms with Gasteiger partial charge in [0.05, 0.1) is 15.5 Å². The van der Waals surface area contributed by atoms with E-state index in [0.717, 1.165) is 6.07 Å². The molecule has 7 heteroatoms. The molecule has 0 radical (unpaired) electrons. The van der Waals surface area contributed by atoms with E-state index in [1.807, 2.05) is 0 Å². The first-order valence-corrected chi connectivity index (χ1v) is 6.63. The molecule has 0 saturated carbocycles. The lowest BCUT2D eigenvalue weighted by molar-refractivity contribution is -0.385. The number of halogens is 2. The van der Waals surface area contributed by atoms with E-state index in [9.17, 15) is 19.3 Å². The molecular weight excluding hydrogens is 313 g/mol. The molecule has 2 aromatic rings. The summed E-state index contributed by atoms with van der Waals surface area (Å²) >= 11 is 5.84. The Morgan fingerprint density at radius 2 is 2.09 bits per heavy atom. The normalized spacial score (nSPS) is 10.3. The average Bonchev–Trinajstić information content (AvgIpc) is 2.46. The fraction of sp³-hybridized carbons (Fsp3) is 0.133. The third-order valence-corrected chi connectivity index (χ3v) is 3.45. The monoisotopic (exact) mass is 323 g/mol. The van der Waals surface area contributed by atoms with Gasteiger partial charge in [0.1, 0.15) is 12.4 Å². The molecular formula is C15H11ClFNO4. The number of carbonyl (C=O) groups is 1. The molecule has 0 spiro atoms. The first-order valence-electron chi connectivity index (χ1n) is 6.25. The van der Waals surface area contributed by atoms with Gasteiger partial charge in [-0.1, -0.05) is 23.7 Å². The third kappa shape index (κ3) is 3.40. The highest BCUT2D eigenvalue weighted by atomic mass is 35.5. The zero-order chi connectivity index (χ0) is 16.3. The van der Waals surface area contributed by atoms with E-state index in [1.165, 1.54) is 37.3 Å². The minimum absolute atomic E-state index is 0.104. The Morgan fingerprint density at radius 3 is 2.73 bits per heavy atom. The average molecular weight is 324 g/mol. The molecule has 22 heavy (non-hydrogen) atoms. The molecule has 0 atom stereocenters. The van der Waals surface area contributed by atoms with Crippen LogP contribution in [-0.4, -0.2) is 10.9 Å². The lowest BCUT2D eigenvalue weighted by Gasteiger charge is -2.08. The van der Waals surface area contributed by atoms with Crippen LogP contribution in [0.1, 0.15) is 21.5 Å². The van der Waals surface area contributed by atoms with Gasteiger partial charge in [0.25, 0.3) is 5.69 Å². The first kappa shape index (κ1) is 15.9. The fourth-order valence-corrected chi connectivity index (χ4v) is 2.12. The maximum absolute atomic E-state index is 12.9. The Labute approximate surface area is 130 Å². The molecule has 5 nitrogen and oxygen atoms in total. The predicted octanol–water partition coefficient (Wildman–Crippen LogP) is 4.05. The number of hydrogen-bond acceptors (Lipinski definition) is 4. The molecule has 0 aliphatic carbocycles. The SMILES string of the molecule is Cc1c(C(=O)OCc2ccc(F)cc2Cl)cccc1[N+](=O)[O-]. The number of benzene rings is 2. The fourth-order valence-electron chi connectivity index (χ4n) is 1.90. The highest BCUT2D eigenvalue weighted by Crippen LogP contribution is 2.23. The Bertz CT molecular complexity index is 748. The number of nitro groups is 1. The zero-order valence-corrected chi connectivity index (χ0v) is 12.3. The molecule has 2 rings (SSSR count). The minimum Gasteiger partial charge on any atom is -0.457 e. The summed E-state index contributed by atoms with van der Waals surface area (Å²) < 4.78 is 18.0. The van der Waals surface area contributed by atoms with Gasteiger partial charge in [-0.05, 0) is 25.1 Å². The number of nitro benzene ring substituents is 1. The molecule has 0 heterocycles. The van der Waals surface area contributed by atoms with Crippen molar-refractivity contribution in [1.82, 2.24) is 0 Å². The Balaban J connectivity index is 2.16. The molecule has 0 aliphatic rings. The van der Waals surface area contributed by atoms with Crippen molar-refractivity contribution in [3.8, 4) is 0 Å². The van der Waals surface area contributed by atoms with Gasteiger partial charge in [-0.2, -0.15) is 0 Å². The summed E-state index contributed by atoms with van der Waals surface area (Å²) in [5.41, 5.74) is 0.615. The Hall–Kier alpha value is -2.47. The van der Waals surface area contributed by atoms with Crippen LogP contribution in [0.5, 0.6) is 0 Å². The van der Waals surface area contributed by atoms with E-state index < -0.39 is 16.7 Å². The second-order valence-electron chi connectivity index (χ2n) is 4.52. The quantitative estimate of drug-likeness (QED) is 0.483. The van der Waals surface area contributed by atoms with Crippen molar-refractivity contribution >= 4 is 23.3 Å². The predicted molar refractivity (Wildman–Crippen MR) is 78.4 cm³/mol. The number of ether oxygens (including phenoxy) is 1. The van der Waals surface area contributed by atoms with Crippen LogP contribution in [0.2, 0.25) is 5.02 Å². The number of esters is 1. The maximum atomic E-state index is 12.9. The van der Waals surface area contributed by atoms with Crippen molar-refractivity contribution < 1.29 is 18.8 Å². The van der Waals surface area contributed by atoms with Gasteiger partial charge < -0.3 is 4.74 Å². The second-order valence-corrected chi connectivity index (χ2v) is 4.93. The van der Waals surface area contributed by atoms with E-state index in [0.29, 0.717) is 5.56 Å². The highest BCUT2D eigenvalue weighted by Gasteiger charge is 2.19. The summed E-state index contributed by atoms with van der Waals surface area (Å²) in [5.74, 6) is -1.20. The number of hydrogen-bond donors (Lipinski definition) is 0. The van der Waals surface area contributed by atoms with Crippen molar-refractivity contribution in [2.75, 3.05) is 0 Å². The van der Waals surface area contributed by atoms with Crippen LogP contribution >= 0.6 is 11.6 Å². The van der Waals surface area contributed by atoms with Crippen LogP contribution in [0, 0.1) is 22.9 Å².